The Hall–Kier alpha value is -3.58. The monoisotopic (exact) mass is 655 g/mol. The Kier molecular flexibility index (Phi) is 7.18. The Bertz CT molecular complexity index is 1760. The molecule has 1 saturated carbocycles. The normalized spacial score (nSPS) is 28.1. The van der Waals surface area contributed by atoms with Crippen LogP contribution in [0.5, 0.6) is 6.01 Å². The summed E-state index contributed by atoms with van der Waals surface area (Å²) in [5, 5.41) is 4.12. The summed E-state index contributed by atoms with van der Waals surface area (Å²) in [6.45, 7) is 7.41. The van der Waals surface area contributed by atoms with Gasteiger partial charge in [-0.3, -0.25) is 9.88 Å². The second kappa shape index (κ2) is 11.0. The number of nitrogens with two attached hydrogens (primary N) is 1. The van der Waals surface area contributed by atoms with Crippen molar-refractivity contribution >= 4 is 22.4 Å². The van der Waals surface area contributed by atoms with Crippen molar-refractivity contribution in [3.8, 4) is 17.3 Å². The molecule has 8 nitrogen and oxygen atoms in total. The number of rotatable bonds is 6. The molecule has 4 saturated heterocycles. The first-order valence-electron chi connectivity index (χ1n) is 16.6. The van der Waals surface area contributed by atoms with E-state index in [1.165, 1.54) is 19.0 Å². The SMILES string of the molecule is C=C1CN2CCC[C@@]2(COc2nc(N3C[C@@H]4CC[C@](C5CCCC5)(C3)N4)c3cnc(-c4c(C(F)(F)F)ccc(N)c4F)c(F)c3n2)C1. The summed E-state index contributed by atoms with van der Waals surface area (Å²) in [6, 6.07) is 1.59. The summed E-state index contributed by atoms with van der Waals surface area (Å²) < 4.78 is 80.4. The molecule has 1 aliphatic carbocycles. The molecule has 3 aromatic rings. The van der Waals surface area contributed by atoms with Crippen LogP contribution in [0.2, 0.25) is 0 Å². The molecule has 3 N–H and O–H groups in total. The Morgan fingerprint density at radius 2 is 1.87 bits per heavy atom. The predicted octanol–water partition coefficient (Wildman–Crippen LogP) is 6.25. The minimum Gasteiger partial charge on any atom is -0.461 e. The van der Waals surface area contributed by atoms with Gasteiger partial charge >= 0.3 is 12.2 Å². The highest BCUT2D eigenvalue weighted by Crippen LogP contribution is 2.46. The fourth-order valence-corrected chi connectivity index (χ4v) is 9.21. The lowest BCUT2D eigenvalue weighted by atomic mass is 9.80. The Balaban J connectivity index is 1.25. The van der Waals surface area contributed by atoms with Crippen LogP contribution in [0.15, 0.2) is 30.5 Å². The molecular formula is C34H38F5N7O. The number of nitrogens with zero attached hydrogens (tertiary/aromatic N) is 5. The number of nitrogens with one attached hydrogen (secondary N) is 1. The molecule has 250 valence electrons. The van der Waals surface area contributed by atoms with Crippen LogP contribution in [-0.4, -0.2) is 69.8 Å². The highest BCUT2D eigenvalue weighted by Gasteiger charge is 2.51. The summed E-state index contributed by atoms with van der Waals surface area (Å²) in [6.07, 6.45) is 5.67. The van der Waals surface area contributed by atoms with Crippen LogP contribution in [0.3, 0.4) is 0 Å². The van der Waals surface area contributed by atoms with E-state index in [1.54, 1.807) is 0 Å². The molecule has 47 heavy (non-hydrogen) atoms. The highest BCUT2D eigenvalue weighted by molar-refractivity contribution is 5.92. The second-order valence-corrected chi connectivity index (χ2v) is 14.3. The highest BCUT2D eigenvalue weighted by atomic mass is 19.4. The van der Waals surface area contributed by atoms with Crippen molar-refractivity contribution in [2.75, 3.05) is 43.4 Å². The van der Waals surface area contributed by atoms with Gasteiger partial charge in [0, 0.05) is 37.4 Å². The number of piperazine rings is 1. The topological polar surface area (TPSA) is 92.4 Å². The van der Waals surface area contributed by atoms with Crippen LogP contribution in [0.1, 0.15) is 63.4 Å². The molecule has 13 heteroatoms. The van der Waals surface area contributed by atoms with Gasteiger partial charge in [-0.25, -0.2) is 8.78 Å². The van der Waals surface area contributed by atoms with Crippen molar-refractivity contribution in [3.63, 3.8) is 0 Å². The maximum absolute atomic E-state index is 16.6. The summed E-state index contributed by atoms with van der Waals surface area (Å²) in [7, 11) is 0. The summed E-state index contributed by atoms with van der Waals surface area (Å²) in [5.74, 6) is -1.66. The predicted molar refractivity (Wildman–Crippen MR) is 168 cm³/mol. The number of halogens is 5. The zero-order chi connectivity index (χ0) is 32.7. The molecule has 8 rings (SSSR count). The van der Waals surface area contributed by atoms with E-state index in [9.17, 15) is 13.2 Å². The Labute approximate surface area is 269 Å². The summed E-state index contributed by atoms with van der Waals surface area (Å²) >= 11 is 0. The Morgan fingerprint density at radius 1 is 1.06 bits per heavy atom. The standard InChI is InChI=1S/C34H38F5N7O/c1-19-13-32(10-4-12-46(32)15-19)18-47-31-42-28-22(14-41-29(27(28)36)25-23(34(37,38)39)7-8-24(40)26(25)35)30(43-31)45-16-21-9-11-33(17-45,44-21)20-5-2-3-6-20/h7-8,14,20-21,44H,1-6,9-13,15-18,40H2/t21-,32-,33+/m0/s1. The van der Waals surface area contributed by atoms with Crippen molar-refractivity contribution in [2.45, 2.75) is 81.1 Å². The van der Waals surface area contributed by atoms with Gasteiger partial charge in [0.15, 0.2) is 11.6 Å². The number of fused-ring (bicyclic) bond motifs is 4. The minimum absolute atomic E-state index is 0.0767. The number of hydrogen-bond acceptors (Lipinski definition) is 8. The molecule has 5 fully saturated rings. The van der Waals surface area contributed by atoms with Gasteiger partial charge in [0.2, 0.25) is 0 Å². The quantitative estimate of drug-likeness (QED) is 0.183. The van der Waals surface area contributed by atoms with E-state index in [0.717, 1.165) is 69.7 Å². The summed E-state index contributed by atoms with van der Waals surface area (Å²) in [4.78, 5) is 17.9. The van der Waals surface area contributed by atoms with Gasteiger partial charge in [-0.2, -0.15) is 23.1 Å². The number of ether oxygens (including phenoxy) is 1. The zero-order valence-corrected chi connectivity index (χ0v) is 26.1. The molecule has 2 aromatic heterocycles. The van der Waals surface area contributed by atoms with Gasteiger partial charge in [0.05, 0.1) is 27.7 Å². The smallest absolute Gasteiger partial charge is 0.417 e. The van der Waals surface area contributed by atoms with Crippen LogP contribution in [0.4, 0.5) is 33.5 Å². The van der Waals surface area contributed by atoms with Gasteiger partial charge in [-0.05, 0) is 69.5 Å². The zero-order valence-electron chi connectivity index (χ0n) is 26.1. The van der Waals surface area contributed by atoms with Gasteiger partial charge in [0.1, 0.15) is 23.6 Å². The third-order valence-electron chi connectivity index (χ3n) is 11.3. The number of hydrogen-bond donors (Lipinski definition) is 2. The minimum atomic E-state index is -4.98. The number of nitrogen functional groups attached to an aromatic ring is 1. The van der Waals surface area contributed by atoms with Crippen LogP contribution in [0, 0.1) is 17.6 Å². The third-order valence-corrected chi connectivity index (χ3v) is 11.3. The van der Waals surface area contributed by atoms with E-state index in [-0.39, 0.29) is 40.6 Å². The van der Waals surface area contributed by atoms with Crippen LogP contribution >= 0.6 is 0 Å². The average Bonchev–Trinajstić information content (AvgIpc) is 3.82. The molecule has 4 aliphatic heterocycles. The van der Waals surface area contributed by atoms with E-state index in [0.29, 0.717) is 30.9 Å². The van der Waals surface area contributed by atoms with Crippen LogP contribution < -0.4 is 20.7 Å². The van der Waals surface area contributed by atoms with E-state index in [1.807, 2.05) is 0 Å². The van der Waals surface area contributed by atoms with E-state index in [2.05, 4.69) is 31.7 Å². The molecule has 0 unspecified atom stereocenters. The van der Waals surface area contributed by atoms with Gasteiger partial charge in [-0.1, -0.05) is 25.0 Å². The number of pyridine rings is 1. The van der Waals surface area contributed by atoms with Crippen molar-refractivity contribution in [1.29, 1.82) is 0 Å². The lowest BCUT2D eigenvalue weighted by molar-refractivity contribution is -0.137. The molecular weight excluding hydrogens is 617 g/mol. The number of anilines is 2. The molecule has 5 aliphatic rings. The molecule has 1 aromatic carbocycles. The maximum Gasteiger partial charge on any atom is 0.417 e. The van der Waals surface area contributed by atoms with Crippen LogP contribution in [0.25, 0.3) is 22.2 Å². The van der Waals surface area contributed by atoms with Gasteiger partial charge in [0.25, 0.3) is 0 Å². The van der Waals surface area contributed by atoms with Crippen molar-refractivity contribution in [2.24, 2.45) is 5.92 Å². The van der Waals surface area contributed by atoms with Gasteiger partial charge < -0.3 is 20.7 Å². The molecule has 0 radical (unpaired) electrons. The largest absolute Gasteiger partial charge is 0.461 e. The van der Waals surface area contributed by atoms with E-state index >= 15 is 8.78 Å². The lowest BCUT2D eigenvalue weighted by Gasteiger charge is -2.45. The molecule has 3 atom stereocenters. The number of aromatic nitrogens is 3. The molecule has 0 spiro atoms. The van der Waals surface area contributed by atoms with E-state index in [4.69, 9.17) is 15.5 Å². The first kappa shape index (κ1) is 30.7. The second-order valence-electron chi connectivity index (χ2n) is 14.3. The number of benzene rings is 1. The molecule has 6 heterocycles. The molecule has 2 bridgehead atoms. The summed E-state index contributed by atoms with van der Waals surface area (Å²) in [5.41, 5.74) is 2.35. The first-order chi connectivity index (χ1) is 22.5. The van der Waals surface area contributed by atoms with Crippen molar-refractivity contribution < 1.29 is 26.7 Å². The fourth-order valence-electron chi connectivity index (χ4n) is 9.21. The van der Waals surface area contributed by atoms with Crippen LogP contribution in [-0.2, 0) is 6.18 Å². The fraction of sp³-hybridized carbons (Fsp3) is 0.559. The Morgan fingerprint density at radius 3 is 2.66 bits per heavy atom. The van der Waals surface area contributed by atoms with Gasteiger partial charge in [-0.15, -0.1) is 0 Å². The molecule has 0 amide bonds. The lowest BCUT2D eigenvalue weighted by Crippen LogP contribution is -2.62. The first-order valence-corrected chi connectivity index (χ1v) is 16.6. The average molecular weight is 656 g/mol. The van der Waals surface area contributed by atoms with Crippen molar-refractivity contribution in [1.82, 2.24) is 25.2 Å². The third kappa shape index (κ3) is 5.03. The number of alkyl halides is 3. The maximum atomic E-state index is 16.6. The van der Waals surface area contributed by atoms with E-state index < -0.39 is 40.3 Å². The van der Waals surface area contributed by atoms with Crippen molar-refractivity contribution in [3.05, 3.63) is 47.7 Å².